The summed E-state index contributed by atoms with van der Waals surface area (Å²) in [5, 5.41) is 8.76. The number of carbonyl (C=O) groups is 3. The van der Waals surface area contributed by atoms with E-state index in [9.17, 15) is 14.4 Å². The van der Waals surface area contributed by atoms with Crippen molar-refractivity contribution in [1.29, 1.82) is 0 Å². The number of aliphatic carboxylic acids is 1. The van der Waals surface area contributed by atoms with Gasteiger partial charge in [0, 0.05) is 6.54 Å². The van der Waals surface area contributed by atoms with E-state index >= 15 is 0 Å². The lowest BCUT2D eigenvalue weighted by Crippen LogP contribution is -2.43. The molecular formula is C15H18N2O4. The number of para-hydroxylation sites is 1. The second-order valence-corrected chi connectivity index (χ2v) is 4.90. The van der Waals surface area contributed by atoms with Crippen molar-refractivity contribution in [2.24, 2.45) is 0 Å². The van der Waals surface area contributed by atoms with Crippen molar-refractivity contribution in [2.75, 3.05) is 18.0 Å². The molecular weight excluding hydrogens is 272 g/mol. The second-order valence-electron chi connectivity index (χ2n) is 4.90. The minimum atomic E-state index is -0.912. The van der Waals surface area contributed by atoms with Crippen LogP contribution < -0.4 is 4.90 Å². The molecule has 112 valence electrons. The van der Waals surface area contributed by atoms with Crippen LogP contribution in [0.3, 0.4) is 0 Å². The molecule has 1 fully saturated rings. The summed E-state index contributed by atoms with van der Waals surface area (Å²) in [7, 11) is 0. The zero-order valence-electron chi connectivity index (χ0n) is 11.9. The van der Waals surface area contributed by atoms with Crippen LogP contribution in [0.4, 0.5) is 5.69 Å². The van der Waals surface area contributed by atoms with E-state index < -0.39 is 12.0 Å². The van der Waals surface area contributed by atoms with Gasteiger partial charge in [0.15, 0.2) is 0 Å². The molecule has 1 saturated heterocycles. The SMILES string of the molecule is CCN(CCC(=O)O)C1CC(=O)N(c2ccccc2)C1=O. The Morgan fingerprint density at radius 1 is 1.33 bits per heavy atom. The lowest BCUT2D eigenvalue weighted by Gasteiger charge is -2.25. The van der Waals surface area contributed by atoms with Crippen LogP contribution in [0.25, 0.3) is 0 Å². The first kappa shape index (κ1) is 15.2. The normalized spacial score (nSPS) is 18.6. The van der Waals surface area contributed by atoms with Gasteiger partial charge in [-0.25, -0.2) is 4.90 Å². The van der Waals surface area contributed by atoms with Gasteiger partial charge in [0.25, 0.3) is 5.91 Å². The molecule has 1 aliphatic heterocycles. The molecule has 21 heavy (non-hydrogen) atoms. The van der Waals surface area contributed by atoms with Gasteiger partial charge < -0.3 is 5.11 Å². The van der Waals surface area contributed by atoms with Gasteiger partial charge in [0.1, 0.15) is 0 Å². The van der Waals surface area contributed by atoms with E-state index in [0.29, 0.717) is 12.2 Å². The van der Waals surface area contributed by atoms with Crippen molar-refractivity contribution in [2.45, 2.75) is 25.8 Å². The molecule has 6 heteroatoms. The van der Waals surface area contributed by atoms with Crippen LogP contribution in [0.1, 0.15) is 19.8 Å². The molecule has 0 saturated carbocycles. The Kier molecular flexibility index (Phi) is 4.70. The van der Waals surface area contributed by atoms with Crippen molar-refractivity contribution in [3.05, 3.63) is 30.3 Å². The molecule has 1 aliphatic rings. The van der Waals surface area contributed by atoms with E-state index in [2.05, 4.69) is 0 Å². The van der Waals surface area contributed by atoms with Crippen molar-refractivity contribution >= 4 is 23.5 Å². The number of hydrogen-bond donors (Lipinski definition) is 1. The number of rotatable bonds is 6. The highest BCUT2D eigenvalue weighted by atomic mass is 16.4. The van der Waals surface area contributed by atoms with E-state index in [4.69, 9.17) is 5.11 Å². The maximum absolute atomic E-state index is 12.5. The Bertz CT molecular complexity index is 544. The third-order valence-corrected chi connectivity index (χ3v) is 3.60. The van der Waals surface area contributed by atoms with E-state index in [1.807, 2.05) is 13.0 Å². The van der Waals surface area contributed by atoms with Gasteiger partial charge >= 0.3 is 5.97 Å². The third kappa shape index (κ3) is 3.28. The molecule has 1 atom stereocenters. The topological polar surface area (TPSA) is 77.9 Å². The lowest BCUT2D eigenvalue weighted by molar-refractivity contribution is -0.138. The number of anilines is 1. The fraction of sp³-hybridized carbons (Fsp3) is 0.400. The van der Waals surface area contributed by atoms with Crippen LogP contribution in [0.15, 0.2) is 30.3 Å². The predicted octanol–water partition coefficient (Wildman–Crippen LogP) is 1.12. The van der Waals surface area contributed by atoms with Crippen molar-refractivity contribution < 1.29 is 19.5 Å². The first-order chi connectivity index (χ1) is 10.0. The number of likely N-dealkylation sites (N-methyl/N-ethyl adjacent to an activating group) is 1. The summed E-state index contributed by atoms with van der Waals surface area (Å²) in [5.74, 6) is -1.44. The van der Waals surface area contributed by atoms with Gasteiger partial charge in [0.05, 0.1) is 24.6 Å². The Morgan fingerprint density at radius 2 is 2.00 bits per heavy atom. The van der Waals surface area contributed by atoms with Gasteiger partial charge in [0.2, 0.25) is 5.91 Å². The maximum Gasteiger partial charge on any atom is 0.304 e. The van der Waals surface area contributed by atoms with E-state index in [1.165, 1.54) is 4.90 Å². The monoisotopic (exact) mass is 290 g/mol. The second kappa shape index (κ2) is 6.49. The summed E-state index contributed by atoms with van der Waals surface area (Å²) in [5.41, 5.74) is 0.560. The van der Waals surface area contributed by atoms with Crippen LogP contribution in [-0.2, 0) is 14.4 Å². The molecule has 0 aliphatic carbocycles. The molecule has 1 N–H and O–H groups in total. The number of hydrogen-bond acceptors (Lipinski definition) is 4. The summed E-state index contributed by atoms with van der Waals surface area (Å²) in [6.45, 7) is 2.64. The van der Waals surface area contributed by atoms with E-state index in [0.717, 1.165) is 0 Å². The summed E-state index contributed by atoms with van der Waals surface area (Å²) < 4.78 is 0. The van der Waals surface area contributed by atoms with Crippen molar-refractivity contribution in [3.63, 3.8) is 0 Å². The highest BCUT2D eigenvalue weighted by Gasteiger charge is 2.42. The Balaban J connectivity index is 2.15. The number of benzene rings is 1. The predicted molar refractivity (Wildman–Crippen MR) is 76.8 cm³/mol. The highest BCUT2D eigenvalue weighted by molar-refractivity contribution is 6.22. The van der Waals surface area contributed by atoms with Crippen LogP contribution in [0.5, 0.6) is 0 Å². The van der Waals surface area contributed by atoms with Gasteiger partial charge in [-0.1, -0.05) is 25.1 Å². The quantitative estimate of drug-likeness (QED) is 0.794. The molecule has 2 amide bonds. The van der Waals surface area contributed by atoms with Crippen LogP contribution in [0.2, 0.25) is 0 Å². The smallest absolute Gasteiger partial charge is 0.304 e. The Morgan fingerprint density at radius 3 is 2.57 bits per heavy atom. The van der Waals surface area contributed by atoms with Gasteiger partial charge in [-0.3, -0.25) is 19.3 Å². The molecule has 0 bridgehead atoms. The Hall–Kier alpha value is -2.21. The summed E-state index contributed by atoms with van der Waals surface area (Å²) >= 11 is 0. The van der Waals surface area contributed by atoms with Gasteiger partial charge in [-0.05, 0) is 18.7 Å². The van der Waals surface area contributed by atoms with Gasteiger partial charge in [-0.2, -0.15) is 0 Å². The fourth-order valence-corrected chi connectivity index (χ4v) is 2.52. The largest absolute Gasteiger partial charge is 0.481 e. The Labute approximate surface area is 123 Å². The van der Waals surface area contributed by atoms with Crippen LogP contribution in [0, 0.1) is 0 Å². The minimum Gasteiger partial charge on any atom is -0.481 e. The van der Waals surface area contributed by atoms with E-state index in [1.54, 1.807) is 29.2 Å². The molecule has 0 spiro atoms. The number of carboxylic acid groups (broad SMARTS) is 1. The molecule has 1 unspecified atom stereocenters. The molecule has 2 rings (SSSR count). The molecule has 6 nitrogen and oxygen atoms in total. The summed E-state index contributed by atoms with van der Waals surface area (Å²) in [6, 6.07) is 8.22. The van der Waals surface area contributed by atoms with E-state index in [-0.39, 0.29) is 31.2 Å². The molecule has 1 aromatic carbocycles. The molecule has 1 aromatic rings. The molecule has 0 radical (unpaired) electrons. The summed E-state index contributed by atoms with van der Waals surface area (Å²) in [6.07, 6.45) is 0.0539. The number of nitrogens with zero attached hydrogens (tertiary/aromatic N) is 2. The zero-order valence-corrected chi connectivity index (χ0v) is 11.9. The van der Waals surface area contributed by atoms with Gasteiger partial charge in [-0.15, -0.1) is 0 Å². The number of carboxylic acids is 1. The average molecular weight is 290 g/mol. The number of carbonyl (C=O) groups excluding carboxylic acids is 2. The van der Waals surface area contributed by atoms with Crippen molar-refractivity contribution in [3.8, 4) is 0 Å². The molecule has 1 heterocycles. The highest BCUT2D eigenvalue weighted by Crippen LogP contribution is 2.25. The first-order valence-electron chi connectivity index (χ1n) is 6.92. The standard InChI is InChI=1S/C15H18N2O4/c1-2-16(9-8-14(19)20)12-10-13(18)17(15(12)21)11-6-4-3-5-7-11/h3-7,12H,2,8-10H2,1H3,(H,19,20). The zero-order chi connectivity index (χ0) is 15.4. The average Bonchev–Trinajstić information content (AvgIpc) is 2.75. The van der Waals surface area contributed by atoms with Crippen LogP contribution in [-0.4, -0.2) is 46.9 Å². The maximum atomic E-state index is 12.5. The third-order valence-electron chi connectivity index (χ3n) is 3.60. The minimum absolute atomic E-state index is 0.0445. The van der Waals surface area contributed by atoms with Crippen molar-refractivity contribution in [1.82, 2.24) is 4.90 Å². The fourth-order valence-electron chi connectivity index (χ4n) is 2.52. The number of amides is 2. The molecule has 0 aromatic heterocycles. The lowest BCUT2D eigenvalue weighted by atomic mass is 10.2. The summed E-state index contributed by atoms with van der Waals surface area (Å²) in [4.78, 5) is 38.2. The van der Waals surface area contributed by atoms with Crippen LogP contribution >= 0.6 is 0 Å². The first-order valence-corrected chi connectivity index (χ1v) is 6.92. The number of imide groups is 1.